The van der Waals surface area contributed by atoms with Gasteiger partial charge in [0.25, 0.3) is 0 Å². The Labute approximate surface area is 152 Å². The number of sulfonamides is 1. The van der Waals surface area contributed by atoms with Gasteiger partial charge in [-0.15, -0.1) is 0 Å². The monoisotopic (exact) mass is 384 g/mol. The number of benzene rings is 2. The number of piperazine rings is 1. The molecule has 24 heavy (non-hydrogen) atoms. The van der Waals surface area contributed by atoms with E-state index in [1.54, 1.807) is 6.07 Å². The van der Waals surface area contributed by atoms with Crippen molar-refractivity contribution in [1.29, 1.82) is 0 Å². The highest BCUT2D eigenvalue weighted by Crippen LogP contribution is 2.28. The van der Waals surface area contributed by atoms with Crippen LogP contribution in [0.5, 0.6) is 0 Å². The lowest BCUT2D eigenvalue weighted by molar-refractivity contribution is 0.181. The minimum absolute atomic E-state index is 0.0770. The third-order valence-corrected chi connectivity index (χ3v) is 6.71. The number of nitrogens with zero attached hydrogens (tertiary/aromatic N) is 2. The van der Waals surface area contributed by atoms with Gasteiger partial charge in [0.2, 0.25) is 10.0 Å². The summed E-state index contributed by atoms with van der Waals surface area (Å²) in [6.07, 6.45) is 0. The Balaban J connectivity index is 1.68. The predicted octanol–water partition coefficient (Wildman–Crippen LogP) is 3.50. The second kappa shape index (κ2) is 7.42. The fraction of sp³-hybridized carbons (Fsp3) is 0.294. The average Bonchev–Trinajstić information content (AvgIpc) is 2.58. The minimum Gasteiger partial charge on any atom is -0.296 e. The summed E-state index contributed by atoms with van der Waals surface area (Å²) in [7, 11) is -3.62. The summed E-state index contributed by atoms with van der Waals surface area (Å²) in [5.41, 5.74) is 1.23. The molecule has 4 nitrogen and oxygen atoms in total. The standard InChI is InChI=1S/C17H18Cl2N2O2S/c18-15-6-7-16(19)17(12-15)24(22,23)21-10-8-20(9-11-21)13-14-4-2-1-3-5-14/h1-7,12H,8-11,13H2. The fourth-order valence-electron chi connectivity index (χ4n) is 2.78. The van der Waals surface area contributed by atoms with Crippen LogP contribution in [0.25, 0.3) is 0 Å². The summed E-state index contributed by atoms with van der Waals surface area (Å²) < 4.78 is 27.1. The van der Waals surface area contributed by atoms with Crippen LogP contribution in [0, 0.1) is 0 Å². The molecule has 1 aliphatic rings. The Morgan fingerprint density at radius 3 is 2.25 bits per heavy atom. The molecule has 1 saturated heterocycles. The lowest BCUT2D eigenvalue weighted by atomic mass is 10.2. The van der Waals surface area contributed by atoms with Crippen LogP contribution in [-0.4, -0.2) is 43.8 Å². The zero-order valence-electron chi connectivity index (χ0n) is 13.0. The lowest BCUT2D eigenvalue weighted by Gasteiger charge is -2.34. The summed E-state index contributed by atoms with van der Waals surface area (Å²) in [4.78, 5) is 2.33. The van der Waals surface area contributed by atoms with Crippen LogP contribution in [0.3, 0.4) is 0 Å². The first-order chi connectivity index (χ1) is 11.5. The van der Waals surface area contributed by atoms with Crippen molar-refractivity contribution >= 4 is 33.2 Å². The molecule has 2 aromatic rings. The maximum Gasteiger partial charge on any atom is 0.244 e. The topological polar surface area (TPSA) is 40.6 Å². The normalized spacial score (nSPS) is 17.1. The van der Waals surface area contributed by atoms with Gasteiger partial charge in [0.1, 0.15) is 4.90 Å². The molecule has 1 aliphatic heterocycles. The van der Waals surface area contributed by atoms with E-state index in [-0.39, 0.29) is 9.92 Å². The minimum atomic E-state index is -3.62. The van der Waals surface area contributed by atoms with Crippen molar-refractivity contribution in [3.8, 4) is 0 Å². The molecule has 0 saturated carbocycles. The van der Waals surface area contributed by atoms with Crippen LogP contribution in [0.2, 0.25) is 10.0 Å². The van der Waals surface area contributed by atoms with Gasteiger partial charge in [-0.2, -0.15) is 4.31 Å². The van der Waals surface area contributed by atoms with Crippen molar-refractivity contribution in [2.45, 2.75) is 11.4 Å². The second-order valence-electron chi connectivity index (χ2n) is 5.74. The Morgan fingerprint density at radius 2 is 1.58 bits per heavy atom. The van der Waals surface area contributed by atoms with Crippen LogP contribution in [0.1, 0.15) is 5.56 Å². The Hall–Kier alpha value is -1.11. The average molecular weight is 385 g/mol. The molecular formula is C17H18Cl2N2O2S. The highest BCUT2D eigenvalue weighted by molar-refractivity contribution is 7.89. The summed E-state index contributed by atoms with van der Waals surface area (Å²) >= 11 is 12.0. The SMILES string of the molecule is O=S(=O)(c1cc(Cl)ccc1Cl)N1CCN(Cc2ccccc2)CC1. The maximum atomic E-state index is 12.8. The molecule has 1 fully saturated rings. The van der Waals surface area contributed by atoms with Crippen molar-refractivity contribution in [1.82, 2.24) is 9.21 Å². The highest BCUT2D eigenvalue weighted by Gasteiger charge is 2.30. The zero-order valence-corrected chi connectivity index (χ0v) is 15.4. The Morgan fingerprint density at radius 1 is 0.917 bits per heavy atom. The Bertz CT molecular complexity index is 805. The summed E-state index contributed by atoms with van der Waals surface area (Å²) in [6, 6.07) is 14.7. The molecule has 0 spiro atoms. The van der Waals surface area contributed by atoms with Crippen molar-refractivity contribution < 1.29 is 8.42 Å². The summed E-state index contributed by atoms with van der Waals surface area (Å²) in [5.74, 6) is 0. The molecule has 0 aliphatic carbocycles. The van der Waals surface area contributed by atoms with Gasteiger partial charge in [-0.05, 0) is 23.8 Å². The smallest absolute Gasteiger partial charge is 0.244 e. The van der Waals surface area contributed by atoms with E-state index in [2.05, 4.69) is 17.0 Å². The van der Waals surface area contributed by atoms with Crippen molar-refractivity contribution in [3.63, 3.8) is 0 Å². The number of halogens is 2. The molecule has 3 rings (SSSR count). The van der Waals surface area contributed by atoms with Gasteiger partial charge >= 0.3 is 0 Å². The van der Waals surface area contributed by atoms with Gasteiger partial charge in [0.05, 0.1) is 5.02 Å². The lowest BCUT2D eigenvalue weighted by Crippen LogP contribution is -2.48. The Kier molecular flexibility index (Phi) is 5.47. The molecule has 1 heterocycles. The van der Waals surface area contributed by atoms with Gasteiger partial charge in [0.15, 0.2) is 0 Å². The first-order valence-electron chi connectivity index (χ1n) is 7.68. The van der Waals surface area contributed by atoms with Crippen LogP contribution < -0.4 is 0 Å². The molecule has 7 heteroatoms. The van der Waals surface area contributed by atoms with Crippen molar-refractivity contribution in [2.24, 2.45) is 0 Å². The molecule has 128 valence electrons. The van der Waals surface area contributed by atoms with Crippen LogP contribution in [0.4, 0.5) is 0 Å². The van der Waals surface area contributed by atoms with E-state index in [4.69, 9.17) is 23.2 Å². The van der Waals surface area contributed by atoms with E-state index in [0.717, 1.165) is 6.54 Å². The predicted molar refractivity (Wildman–Crippen MR) is 96.9 cm³/mol. The van der Waals surface area contributed by atoms with Gasteiger partial charge in [-0.3, -0.25) is 4.90 Å². The molecule has 0 N–H and O–H groups in total. The quantitative estimate of drug-likeness (QED) is 0.809. The molecule has 0 amide bonds. The largest absolute Gasteiger partial charge is 0.296 e. The third-order valence-electron chi connectivity index (χ3n) is 4.09. The van der Waals surface area contributed by atoms with E-state index in [1.807, 2.05) is 18.2 Å². The second-order valence-corrected chi connectivity index (χ2v) is 8.49. The first kappa shape index (κ1) is 17.7. The fourth-order valence-corrected chi connectivity index (χ4v) is 4.94. The van der Waals surface area contributed by atoms with Crippen molar-refractivity contribution in [2.75, 3.05) is 26.2 Å². The van der Waals surface area contributed by atoms with Gasteiger partial charge < -0.3 is 0 Å². The molecule has 0 bridgehead atoms. The van der Waals surface area contributed by atoms with E-state index >= 15 is 0 Å². The number of hydrogen-bond acceptors (Lipinski definition) is 3. The molecular weight excluding hydrogens is 367 g/mol. The van der Waals surface area contributed by atoms with Crippen LogP contribution in [-0.2, 0) is 16.6 Å². The number of hydrogen-bond donors (Lipinski definition) is 0. The van der Waals surface area contributed by atoms with E-state index < -0.39 is 10.0 Å². The van der Waals surface area contributed by atoms with E-state index in [9.17, 15) is 8.42 Å². The third kappa shape index (κ3) is 3.92. The summed E-state index contributed by atoms with van der Waals surface area (Å²) in [6.45, 7) is 3.08. The zero-order chi connectivity index (χ0) is 17.2. The summed E-state index contributed by atoms with van der Waals surface area (Å²) in [5, 5.41) is 0.562. The molecule has 0 aromatic heterocycles. The van der Waals surface area contributed by atoms with Gasteiger partial charge in [-0.1, -0.05) is 53.5 Å². The molecule has 0 atom stereocenters. The first-order valence-corrected chi connectivity index (χ1v) is 9.88. The molecule has 0 radical (unpaired) electrons. The van der Waals surface area contributed by atoms with Crippen molar-refractivity contribution in [3.05, 3.63) is 64.1 Å². The van der Waals surface area contributed by atoms with E-state index in [1.165, 1.54) is 22.0 Å². The number of rotatable bonds is 4. The highest BCUT2D eigenvalue weighted by atomic mass is 35.5. The molecule has 0 unspecified atom stereocenters. The van der Waals surface area contributed by atoms with Crippen LogP contribution >= 0.6 is 23.2 Å². The van der Waals surface area contributed by atoms with E-state index in [0.29, 0.717) is 31.2 Å². The van der Waals surface area contributed by atoms with Gasteiger partial charge in [0, 0.05) is 37.7 Å². The maximum absolute atomic E-state index is 12.8. The van der Waals surface area contributed by atoms with Gasteiger partial charge in [-0.25, -0.2) is 8.42 Å². The molecule has 2 aromatic carbocycles. The van der Waals surface area contributed by atoms with Crippen LogP contribution in [0.15, 0.2) is 53.4 Å².